The molecule has 156 valence electrons. The Bertz CT molecular complexity index is 1010. The highest BCUT2D eigenvalue weighted by atomic mass is 35.5. The average Bonchev–Trinajstić information content (AvgIpc) is 2.99. The number of imide groups is 1. The van der Waals surface area contributed by atoms with Crippen LogP contribution in [0.25, 0.3) is 0 Å². The van der Waals surface area contributed by atoms with Crippen LogP contribution in [-0.2, 0) is 19.9 Å². The molecular weight excluding hydrogens is 410 g/mol. The van der Waals surface area contributed by atoms with E-state index in [2.05, 4.69) is 10.6 Å². The lowest BCUT2D eigenvalue weighted by atomic mass is 9.87. The van der Waals surface area contributed by atoms with Crippen LogP contribution in [0.1, 0.15) is 29.3 Å². The number of hydrogen-bond acceptors (Lipinski definition) is 5. The van der Waals surface area contributed by atoms with E-state index in [0.717, 1.165) is 4.90 Å². The van der Waals surface area contributed by atoms with Crippen LogP contribution in [0.4, 0.5) is 10.5 Å². The lowest BCUT2D eigenvalue weighted by Gasteiger charge is -2.25. The number of para-hydroxylation sites is 1. The minimum atomic E-state index is -1.27. The molecule has 0 saturated carbocycles. The van der Waals surface area contributed by atoms with Crippen molar-refractivity contribution in [2.45, 2.75) is 18.9 Å². The van der Waals surface area contributed by atoms with E-state index in [-0.39, 0.29) is 11.3 Å². The predicted octanol–water partition coefficient (Wildman–Crippen LogP) is 2.92. The van der Waals surface area contributed by atoms with Crippen LogP contribution in [-0.4, -0.2) is 42.4 Å². The van der Waals surface area contributed by atoms with Gasteiger partial charge in [-0.15, -0.1) is 0 Å². The lowest BCUT2D eigenvalue weighted by Crippen LogP contribution is -2.44. The van der Waals surface area contributed by atoms with Gasteiger partial charge in [-0.25, -0.2) is 9.59 Å². The second-order valence-corrected chi connectivity index (χ2v) is 7.11. The third-order valence-corrected chi connectivity index (χ3v) is 5.20. The van der Waals surface area contributed by atoms with Crippen molar-refractivity contribution in [3.05, 3.63) is 64.7 Å². The topological polar surface area (TPSA) is 105 Å². The Morgan fingerprint density at radius 2 is 1.80 bits per heavy atom. The van der Waals surface area contributed by atoms with Gasteiger partial charge in [-0.3, -0.25) is 14.5 Å². The molecule has 30 heavy (non-hydrogen) atoms. The van der Waals surface area contributed by atoms with Gasteiger partial charge in [0.2, 0.25) is 5.91 Å². The van der Waals surface area contributed by atoms with Gasteiger partial charge in [0, 0.05) is 5.02 Å². The molecule has 0 radical (unpaired) electrons. The van der Waals surface area contributed by atoms with Gasteiger partial charge >= 0.3 is 12.0 Å². The van der Waals surface area contributed by atoms with Gasteiger partial charge in [0.15, 0.2) is 0 Å². The number of anilines is 1. The number of carbonyl (C=O) groups is 4. The van der Waals surface area contributed by atoms with Crippen LogP contribution in [0, 0.1) is 0 Å². The van der Waals surface area contributed by atoms with Crippen molar-refractivity contribution >= 4 is 41.1 Å². The summed E-state index contributed by atoms with van der Waals surface area (Å²) < 4.78 is 4.70. The normalized spacial score (nSPS) is 18.2. The number of ether oxygens (including phenoxy) is 1. The number of carbonyl (C=O) groups excluding carboxylic acids is 4. The second-order valence-electron chi connectivity index (χ2n) is 6.67. The van der Waals surface area contributed by atoms with Gasteiger partial charge in [0.25, 0.3) is 5.91 Å². The highest BCUT2D eigenvalue weighted by Crippen LogP contribution is 2.33. The number of benzene rings is 2. The van der Waals surface area contributed by atoms with Gasteiger partial charge in [0.1, 0.15) is 12.1 Å². The average molecular weight is 430 g/mol. The van der Waals surface area contributed by atoms with Crippen molar-refractivity contribution in [2.24, 2.45) is 0 Å². The smallest absolute Gasteiger partial charge is 0.339 e. The summed E-state index contributed by atoms with van der Waals surface area (Å²) in [6.45, 7) is 1.26. The van der Waals surface area contributed by atoms with E-state index < -0.39 is 35.9 Å². The van der Waals surface area contributed by atoms with Gasteiger partial charge < -0.3 is 15.4 Å². The van der Waals surface area contributed by atoms with Crippen molar-refractivity contribution in [1.82, 2.24) is 10.2 Å². The first-order chi connectivity index (χ1) is 14.3. The molecule has 9 heteroatoms. The van der Waals surface area contributed by atoms with Gasteiger partial charge in [-0.2, -0.15) is 0 Å². The molecule has 2 aromatic rings. The summed E-state index contributed by atoms with van der Waals surface area (Å²) in [7, 11) is 1.23. The lowest BCUT2D eigenvalue weighted by molar-refractivity contribution is -0.134. The molecule has 8 nitrogen and oxygen atoms in total. The molecule has 2 aromatic carbocycles. The number of esters is 1. The monoisotopic (exact) mass is 429 g/mol. The molecule has 0 bridgehead atoms. The van der Waals surface area contributed by atoms with E-state index in [1.165, 1.54) is 19.2 Å². The predicted molar refractivity (Wildman–Crippen MR) is 110 cm³/mol. The molecule has 1 unspecified atom stereocenters. The third-order valence-electron chi connectivity index (χ3n) is 4.95. The molecule has 2 N–H and O–H groups in total. The van der Waals surface area contributed by atoms with Gasteiger partial charge in [0.05, 0.1) is 18.4 Å². The summed E-state index contributed by atoms with van der Waals surface area (Å²) in [5, 5.41) is 5.76. The zero-order valence-corrected chi connectivity index (χ0v) is 17.2. The Balaban J connectivity index is 1.80. The minimum Gasteiger partial charge on any atom is -0.465 e. The van der Waals surface area contributed by atoms with Crippen LogP contribution in [0.3, 0.4) is 0 Å². The van der Waals surface area contributed by atoms with Crippen LogP contribution in [0.2, 0.25) is 5.02 Å². The molecule has 1 atom stereocenters. The standard InChI is InChI=1S/C21H20ClN3O5/c1-3-21(13-8-10-14(22)11-9-13)19(28)25(20(29)24-21)12-17(26)23-16-7-5-4-6-15(16)18(27)30-2/h4-11H,3,12H2,1-2H3,(H,23,26)(H,24,29). The summed E-state index contributed by atoms with van der Waals surface area (Å²) >= 11 is 5.92. The summed E-state index contributed by atoms with van der Waals surface area (Å²) in [6.07, 6.45) is 0.294. The maximum absolute atomic E-state index is 13.1. The molecule has 3 rings (SSSR count). The summed E-state index contributed by atoms with van der Waals surface area (Å²) in [5.74, 6) is -1.78. The van der Waals surface area contributed by atoms with E-state index >= 15 is 0 Å². The first kappa shape index (κ1) is 21.3. The number of nitrogens with one attached hydrogen (secondary N) is 2. The molecule has 1 aliphatic rings. The molecule has 1 heterocycles. The number of urea groups is 1. The number of amides is 4. The van der Waals surface area contributed by atoms with Crippen molar-refractivity contribution in [3.63, 3.8) is 0 Å². The van der Waals surface area contributed by atoms with E-state index in [9.17, 15) is 19.2 Å². The van der Waals surface area contributed by atoms with Gasteiger partial charge in [-0.05, 0) is 36.2 Å². The fraction of sp³-hybridized carbons (Fsp3) is 0.238. The Labute approximate surface area is 178 Å². The fourth-order valence-electron chi connectivity index (χ4n) is 3.36. The molecule has 0 spiro atoms. The number of rotatable bonds is 6. The molecule has 1 fully saturated rings. The van der Waals surface area contributed by atoms with Crippen LogP contribution in [0.5, 0.6) is 0 Å². The van der Waals surface area contributed by atoms with Crippen LogP contribution < -0.4 is 10.6 Å². The highest BCUT2D eigenvalue weighted by molar-refractivity contribution is 6.30. The Morgan fingerprint density at radius 3 is 2.43 bits per heavy atom. The molecule has 0 aliphatic carbocycles. The Hall–Kier alpha value is -3.39. The molecular formula is C21H20ClN3O5. The first-order valence-electron chi connectivity index (χ1n) is 9.19. The largest absolute Gasteiger partial charge is 0.465 e. The van der Waals surface area contributed by atoms with Crippen LogP contribution in [0.15, 0.2) is 48.5 Å². The maximum atomic E-state index is 13.1. The molecule has 4 amide bonds. The zero-order valence-electron chi connectivity index (χ0n) is 16.4. The fourth-order valence-corrected chi connectivity index (χ4v) is 3.48. The third kappa shape index (κ3) is 3.86. The molecule has 1 aliphatic heterocycles. The molecule has 0 aromatic heterocycles. The summed E-state index contributed by atoms with van der Waals surface area (Å²) in [6, 6.07) is 12.2. The second kappa shape index (κ2) is 8.54. The Kier molecular flexibility index (Phi) is 6.07. The minimum absolute atomic E-state index is 0.162. The van der Waals surface area contributed by atoms with Crippen molar-refractivity contribution in [1.29, 1.82) is 0 Å². The number of halogens is 1. The van der Waals surface area contributed by atoms with Crippen molar-refractivity contribution in [2.75, 3.05) is 19.0 Å². The number of nitrogens with zero attached hydrogens (tertiary/aromatic N) is 1. The van der Waals surface area contributed by atoms with E-state index in [0.29, 0.717) is 17.0 Å². The van der Waals surface area contributed by atoms with Crippen LogP contribution >= 0.6 is 11.6 Å². The van der Waals surface area contributed by atoms with E-state index in [1.807, 2.05) is 0 Å². The molecule has 1 saturated heterocycles. The van der Waals surface area contributed by atoms with E-state index in [1.54, 1.807) is 43.3 Å². The summed E-state index contributed by atoms with van der Waals surface area (Å²) in [4.78, 5) is 50.9. The first-order valence-corrected chi connectivity index (χ1v) is 9.57. The van der Waals surface area contributed by atoms with Gasteiger partial charge in [-0.1, -0.05) is 42.8 Å². The van der Waals surface area contributed by atoms with Crippen molar-refractivity contribution in [3.8, 4) is 0 Å². The number of methoxy groups -OCH3 is 1. The Morgan fingerprint density at radius 1 is 1.13 bits per heavy atom. The maximum Gasteiger partial charge on any atom is 0.339 e. The summed E-state index contributed by atoms with van der Waals surface area (Å²) in [5.41, 5.74) is -0.312. The SMILES string of the molecule is CCC1(c2ccc(Cl)cc2)NC(=O)N(CC(=O)Nc2ccccc2C(=O)OC)C1=O. The van der Waals surface area contributed by atoms with Crippen molar-refractivity contribution < 1.29 is 23.9 Å². The van der Waals surface area contributed by atoms with E-state index in [4.69, 9.17) is 16.3 Å². The zero-order chi connectivity index (χ0) is 21.9. The quantitative estimate of drug-likeness (QED) is 0.542. The highest BCUT2D eigenvalue weighted by Gasteiger charge is 2.51. The number of hydrogen-bond donors (Lipinski definition) is 2.